The van der Waals surface area contributed by atoms with Gasteiger partial charge in [-0.3, -0.25) is 0 Å². The van der Waals surface area contributed by atoms with Crippen molar-refractivity contribution < 1.29 is 9.68 Å². The van der Waals surface area contributed by atoms with E-state index < -0.39 is 7.12 Å². The Morgan fingerprint density at radius 2 is 2.00 bits per heavy atom. The first-order valence-electron chi connectivity index (χ1n) is 5.42. The maximum atomic E-state index is 9.92. The van der Waals surface area contributed by atoms with Crippen LogP contribution in [0.4, 0.5) is 0 Å². The summed E-state index contributed by atoms with van der Waals surface area (Å²) in [7, 11) is -0.770. The van der Waals surface area contributed by atoms with Crippen molar-refractivity contribution in [1.29, 1.82) is 0 Å². The summed E-state index contributed by atoms with van der Waals surface area (Å²) in [5.41, 5.74) is 2.89. The Balaban J connectivity index is 2.62. The van der Waals surface area contributed by atoms with Gasteiger partial charge in [0.15, 0.2) is 0 Å². The zero-order valence-corrected chi connectivity index (χ0v) is 9.74. The van der Waals surface area contributed by atoms with Crippen LogP contribution in [0.5, 0.6) is 0 Å². The Hall–Kier alpha value is -0.795. The molecule has 0 unspecified atom stereocenters. The molecule has 2 nitrogen and oxygen atoms in total. The van der Waals surface area contributed by atoms with Gasteiger partial charge in [0.2, 0.25) is 0 Å². The van der Waals surface area contributed by atoms with Crippen LogP contribution < -0.4 is 5.46 Å². The van der Waals surface area contributed by atoms with Crippen LogP contribution in [0.25, 0.3) is 0 Å². The summed E-state index contributed by atoms with van der Waals surface area (Å²) in [5, 5.41) is 9.92. The molecule has 1 N–H and O–H groups in total. The minimum atomic E-state index is -0.770. The van der Waals surface area contributed by atoms with Crippen molar-refractivity contribution in [3.05, 3.63) is 29.3 Å². The minimum Gasteiger partial charge on any atom is -0.423 e. The summed E-state index contributed by atoms with van der Waals surface area (Å²) < 4.78 is 5.57. The number of hydrogen-bond acceptors (Lipinski definition) is 2. The first-order chi connectivity index (χ1) is 6.93. The SMILES string of the molecule is CC(C)c1cccc2c1B(O)OC2(C)C. The highest BCUT2D eigenvalue weighted by molar-refractivity contribution is 6.62. The quantitative estimate of drug-likeness (QED) is 0.706. The van der Waals surface area contributed by atoms with E-state index in [0.29, 0.717) is 5.92 Å². The third-order valence-electron chi connectivity index (χ3n) is 3.06. The monoisotopic (exact) mass is 204 g/mol. The standard InChI is InChI=1S/C12H17BO2/c1-8(2)9-6-5-7-10-11(9)13(14)15-12(10,3)4/h5-8,14H,1-4H3. The van der Waals surface area contributed by atoms with Crippen molar-refractivity contribution in [2.75, 3.05) is 0 Å². The van der Waals surface area contributed by atoms with Gasteiger partial charge in [-0.25, -0.2) is 0 Å². The van der Waals surface area contributed by atoms with Crippen molar-refractivity contribution >= 4 is 12.6 Å². The van der Waals surface area contributed by atoms with E-state index in [0.717, 1.165) is 11.0 Å². The van der Waals surface area contributed by atoms with Gasteiger partial charge in [-0.1, -0.05) is 32.0 Å². The normalized spacial score (nSPS) is 18.4. The van der Waals surface area contributed by atoms with Crippen LogP contribution in [0.3, 0.4) is 0 Å². The highest BCUT2D eigenvalue weighted by Gasteiger charge is 2.42. The Morgan fingerprint density at radius 1 is 1.33 bits per heavy atom. The molecule has 0 amide bonds. The average Bonchev–Trinajstić information content (AvgIpc) is 2.37. The molecule has 1 aliphatic heterocycles. The van der Waals surface area contributed by atoms with E-state index in [1.165, 1.54) is 5.56 Å². The fraction of sp³-hybridized carbons (Fsp3) is 0.500. The Morgan fingerprint density at radius 3 is 2.60 bits per heavy atom. The van der Waals surface area contributed by atoms with Gasteiger partial charge in [-0.15, -0.1) is 0 Å². The van der Waals surface area contributed by atoms with Gasteiger partial charge >= 0.3 is 7.12 Å². The zero-order chi connectivity index (χ0) is 11.2. The lowest BCUT2D eigenvalue weighted by atomic mass is 9.73. The first-order valence-corrected chi connectivity index (χ1v) is 5.42. The second kappa shape index (κ2) is 3.36. The Bertz CT molecular complexity index is 385. The van der Waals surface area contributed by atoms with Crippen molar-refractivity contribution in [2.24, 2.45) is 0 Å². The van der Waals surface area contributed by atoms with Crippen molar-refractivity contribution in [3.63, 3.8) is 0 Å². The number of fused-ring (bicyclic) bond motifs is 1. The van der Waals surface area contributed by atoms with E-state index in [9.17, 15) is 5.02 Å². The van der Waals surface area contributed by atoms with Crippen LogP contribution in [-0.2, 0) is 10.3 Å². The van der Waals surface area contributed by atoms with Gasteiger partial charge in [-0.2, -0.15) is 0 Å². The largest absolute Gasteiger partial charge is 0.492 e. The zero-order valence-electron chi connectivity index (χ0n) is 9.74. The van der Waals surface area contributed by atoms with E-state index in [-0.39, 0.29) is 5.60 Å². The number of benzene rings is 1. The predicted molar refractivity (Wildman–Crippen MR) is 62.2 cm³/mol. The van der Waals surface area contributed by atoms with Crippen LogP contribution in [0.15, 0.2) is 18.2 Å². The third kappa shape index (κ3) is 1.60. The first kappa shape index (κ1) is 10.7. The van der Waals surface area contributed by atoms with Crippen LogP contribution in [0.2, 0.25) is 0 Å². The van der Waals surface area contributed by atoms with Crippen LogP contribution >= 0.6 is 0 Å². The van der Waals surface area contributed by atoms with E-state index in [4.69, 9.17) is 4.65 Å². The van der Waals surface area contributed by atoms with E-state index in [1.54, 1.807) is 0 Å². The molecule has 1 aliphatic rings. The summed E-state index contributed by atoms with van der Waals surface area (Å²) in [6, 6.07) is 6.15. The van der Waals surface area contributed by atoms with Crippen molar-refractivity contribution in [1.82, 2.24) is 0 Å². The Labute approximate surface area is 91.4 Å². The lowest BCUT2D eigenvalue weighted by Gasteiger charge is -2.20. The third-order valence-corrected chi connectivity index (χ3v) is 3.06. The second-order valence-corrected chi connectivity index (χ2v) is 4.94. The van der Waals surface area contributed by atoms with Gasteiger partial charge in [0, 0.05) is 0 Å². The minimum absolute atomic E-state index is 0.375. The van der Waals surface area contributed by atoms with Crippen LogP contribution in [0, 0.1) is 0 Å². The molecule has 2 rings (SSSR count). The molecule has 0 aromatic heterocycles. The molecule has 0 saturated heterocycles. The average molecular weight is 204 g/mol. The highest BCUT2D eigenvalue weighted by atomic mass is 16.5. The summed E-state index contributed by atoms with van der Waals surface area (Å²) in [6.45, 7) is 8.25. The van der Waals surface area contributed by atoms with E-state index >= 15 is 0 Å². The fourth-order valence-electron chi connectivity index (χ4n) is 2.29. The maximum Gasteiger partial charge on any atom is 0.492 e. The molecule has 0 spiro atoms. The molecular formula is C12H17BO2. The second-order valence-electron chi connectivity index (χ2n) is 4.94. The molecule has 0 aliphatic carbocycles. The smallest absolute Gasteiger partial charge is 0.423 e. The molecule has 80 valence electrons. The predicted octanol–water partition coefficient (Wildman–Crippen LogP) is 1.76. The summed E-state index contributed by atoms with van der Waals surface area (Å²) in [4.78, 5) is 0. The van der Waals surface area contributed by atoms with Gasteiger partial charge in [0.1, 0.15) is 0 Å². The fourth-order valence-corrected chi connectivity index (χ4v) is 2.29. The molecule has 1 heterocycles. The molecule has 0 radical (unpaired) electrons. The Kier molecular flexibility index (Phi) is 2.40. The lowest BCUT2D eigenvalue weighted by molar-refractivity contribution is 0.101. The molecule has 0 saturated carbocycles. The number of rotatable bonds is 1. The molecule has 1 aromatic carbocycles. The maximum absolute atomic E-state index is 9.92. The summed E-state index contributed by atoms with van der Waals surface area (Å²) >= 11 is 0. The molecule has 0 fully saturated rings. The van der Waals surface area contributed by atoms with Crippen molar-refractivity contribution in [3.8, 4) is 0 Å². The van der Waals surface area contributed by atoms with Gasteiger partial charge in [0.05, 0.1) is 5.60 Å². The van der Waals surface area contributed by atoms with Crippen LogP contribution in [-0.4, -0.2) is 12.1 Å². The van der Waals surface area contributed by atoms with Gasteiger partial charge in [-0.05, 0) is 36.4 Å². The molecule has 3 heteroatoms. The lowest BCUT2D eigenvalue weighted by Crippen LogP contribution is -2.32. The summed E-state index contributed by atoms with van der Waals surface area (Å²) in [6.07, 6.45) is 0. The highest BCUT2D eigenvalue weighted by Crippen LogP contribution is 2.32. The van der Waals surface area contributed by atoms with Crippen LogP contribution in [0.1, 0.15) is 44.7 Å². The molecule has 0 bridgehead atoms. The molecule has 15 heavy (non-hydrogen) atoms. The molecule has 0 atom stereocenters. The number of hydrogen-bond donors (Lipinski definition) is 1. The van der Waals surface area contributed by atoms with Crippen molar-refractivity contribution in [2.45, 2.75) is 39.2 Å². The molecular weight excluding hydrogens is 187 g/mol. The topological polar surface area (TPSA) is 29.5 Å². The van der Waals surface area contributed by atoms with E-state index in [2.05, 4.69) is 19.9 Å². The van der Waals surface area contributed by atoms with Gasteiger partial charge in [0.25, 0.3) is 0 Å². The van der Waals surface area contributed by atoms with E-state index in [1.807, 2.05) is 26.0 Å². The molecule has 1 aromatic rings. The van der Waals surface area contributed by atoms with Gasteiger partial charge < -0.3 is 9.68 Å². The summed E-state index contributed by atoms with van der Waals surface area (Å²) in [5.74, 6) is 0.409.